The summed E-state index contributed by atoms with van der Waals surface area (Å²) < 4.78 is 33.7. The fraction of sp³-hybridized carbons (Fsp3) is 0.174. The molecule has 3 aromatic rings. The van der Waals surface area contributed by atoms with Gasteiger partial charge in [0.1, 0.15) is 4.90 Å². The molecule has 3 aromatic carbocycles. The molecule has 6 nitrogen and oxygen atoms in total. The van der Waals surface area contributed by atoms with E-state index in [1.807, 2.05) is 36.4 Å². The number of rotatable bonds is 9. The molecule has 0 aliphatic carbocycles. The summed E-state index contributed by atoms with van der Waals surface area (Å²) in [6.45, 7) is 2.86. The van der Waals surface area contributed by atoms with E-state index in [0.717, 1.165) is 11.1 Å². The van der Waals surface area contributed by atoms with Gasteiger partial charge in [-0.25, -0.2) is 8.42 Å². The number of hydrogen-bond acceptors (Lipinski definition) is 4. The van der Waals surface area contributed by atoms with Crippen molar-refractivity contribution in [2.75, 3.05) is 17.9 Å². The van der Waals surface area contributed by atoms with Gasteiger partial charge >= 0.3 is 0 Å². The average molecular weight is 459 g/mol. The monoisotopic (exact) mass is 458 g/mol. The van der Waals surface area contributed by atoms with Crippen LogP contribution in [0.4, 0.5) is 5.69 Å². The van der Waals surface area contributed by atoms with Gasteiger partial charge in [-0.05, 0) is 42.3 Å². The Bertz CT molecular complexity index is 1150. The Kier molecular flexibility index (Phi) is 7.68. The Morgan fingerprint density at radius 2 is 1.71 bits per heavy atom. The van der Waals surface area contributed by atoms with Gasteiger partial charge in [-0.3, -0.25) is 9.52 Å². The maximum absolute atomic E-state index is 12.8. The molecule has 0 aliphatic heterocycles. The van der Waals surface area contributed by atoms with Crippen molar-refractivity contribution in [3.8, 4) is 0 Å². The van der Waals surface area contributed by atoms with E-state index in [1.54, 1.807) is 25.1 Å². The predicted molar refractivity (Wildman–Crippen MR) is 122 cm³/mol. The van der Waals surface area contributed by atoms with E-state index in [4.69, 9.17) is 16.3 Å². The molecule has 0 spiro atoms. The molecule has 0 unspecified atom stereocenters. The normalized spacial score (nSPS) is 11.2. The zero-order valence-electron chi connectivity index (χ0n) is 17.0. The van der Waals surface area contributed by atoms with E-state index in [0.29, 0.717) is 18.9 Å². The first-order valence-corrected chi connectivity index (χ1v) is 11.5. The van der Waals surface area contributed by atoms with Crippen LogP contribution in [0.25, 0.3) is 0 Å². The van der Waals surface area contributed by atoms with Gasteiger partial charge in [-0.2, -0.15) is 0 Å². The van der Waals surface area contributed by atoms with Crippen LogP contribution >= 0.6 is 11.6 Å². The molecule has 0 aromatic heterocycles. The molecule has 3 rings (SSSR count). The fourth-order valence-corrected chi connectivity index (χ4v) is 4.50. The second-order valence-electron chi connectivity index (χ2n) is 6.86. The van der Waals surface area contributed by atoms with Gasteiger partial charge in [0.2, 0.25) is 0 Å². The summed E-state index contributed by atoms with van der Waals surface area (Å²) in [5.41, 5.74) is 2.45. The van der Waals surface area contributed by atoms with Crippen molar-refractivity contribution in [3.05, 3.63) is 94.5 Å². The molecule has 0 fully saturated rings. The first-order valence-electron chi connectivity index (χ1n) is 9.65. The lowest BCUT2D eigenvalue weighted by Gasteiger charge is -2.13. The molecule has 0 heterocycles. The van der Waals surface area contributed by atoms with Crippen LogP contribution in [0.1, 0.15) is 21.5 Å². The number of para-hydroxylation sites is 1. The summed E-state index contributed by atoms with van der Waals surface area (Å²) in [5.74, 6) is -0.410. The second-order valence-corrected chi connectivity index (χ2v) is 8.92. The second kappa shape index (κ2) is 10.4. The number of carbonyl (C=O) groups is 1. The van der Waals surface area contributed by atoms with E-state index >= 15 is 0 Å². The number of ether oxygens (including phenoxy) is 1. The largest absolute Gasteiger partial charge is 0.375 e. The van der Waals surface area contributed by atoms with E-state index in [1.165, 1.54) is 18.2 Å². The Balaban J connectivity index is 1.61. The summed E-state index contributed by atoms with van der Waals surface area (Å²) in [6.07, 6.45) is 0. The number of halogens is 1. The number of sulfonamides is 1. The third-order valence-corrected chi connectivity index (χ3v) is 6.36. The number of hydrogen-bond donors (Lipinski definition) is 2. The zero-order valence-corrected chi connectivity index (χ0v) is 18.5. The van der Waals surface area contributed by atoms with Crippen LogP contribution < -0.4 is 10.0 Å². The van der Waals surface area contributed by atoms with Crippen molar-refractivity contribution >= 4 is 33.2 Å². The molecule has 1 amide bonds. The molecule has 0 aliphatic rings. The van der Waals surface area contributed by atoms with Gasteiger partial charge in [0, 0.05) is 12.1 Å². The Labute approximate surface area is 187 Å². The maximum Gasteiger partial charge on any atom is 0.263 e. The van der Waals surface area contributed by atoms with Gasteiger partial charge in [-0.15, -0.1) is 0 Å². The number of aryl methyl sites for hydroxylation is 1. The smallest absolute Gasteiger partial charge is 0.263 e. The first-order chi connectivity index (χ1) is 14.9. The van der Waals surface area contributed by atoms with Crippen LogP contribution in [0.2, 0.25) is 5.02 Å². The standard InChI is InChI=1S/C23H23ClN2O4S/c1-17-7-5-6-10-21(17)26-31(28,29)22-15-19(11-12-20(22)24)23(27)25-13-14-30-16-18-8-3-2-4-9-18/h2-12,15,26H,13-14,16H2,1H3,(H,25,27). The molecule has 0 bridgehead atoms. The minimum absolute atomic E-state index is 0.0313. The van der Waals surface area contributed by atoms with E-state index in [-0.39, 0.29) is 22.0 Å². The third kappa shape index (κ3) is 6.30. The van der Waals surface area contributed by atoms with Crippen molar-refractivity contribution in [1.29, 1.82) is 0 Å². The lowest BCUT2D eigenvalue weighted by Crippen LogP contribution is -2.27. The van der Waals surface area contributed by atoms with Crippen LogP contribution in [0.5, 0.6) is 0 Å². The number of amides is 1. The summed E-state index contributed by atoms with van der Waals surface area (Å²) in [7, 11) is -3.97. The van der Waals surface area contributed by atoms with Crippen LogP contribution in [-0.4, -0.2) is 27.5 Å². The predicted octanol–water partition coefficient (Wildman–Crippen LogP) is 4.40. The lowest BCUT2D eigenvalue weighted by molar-refractivity contribution is 0.0900. The Morgan fingerprint density at radius 1 is 1.00 bits per heavy atom. The van der Waals surface area contributed by atoms with Gasteiger partial charge in [0.05, 0.1) is 23.9 Å². The van der Waals surface area contributed by atoms with Crippen molar-refractivity contribution in [2.45, 2.75) is 18.4 Å². The van der Waals surface area contributed by atoms with Gasteiger partial charge < -0.3 is 10.1 Å². The van der Waals surface area contributed by atoms with Crippen LogP contribution in [0.3, 0.4) is 0 Å². The molecule has 0 radical (unpaired) electrons. The highest BCUT2D eigenvalue weighted by atomic mass is 35.5. The van der Waals surface area contributed by atoms with Gasteiger partial charge in [-0.1, -0.05) is 60.1 Å². The number of benzene rings is 3. The first kappa shape index (κ1) is 22.8. The molecular weight excluding hydrogens is 436 g/mol. The number of carbonyl (C=O) groups excluding carboxylic acids is 1. The van der Waals surface area contributed by atoms with Gasteiger partial charge in [0.15, 0.2) is 0 Å². The van der Waals surface area contributed by atoms with Crippen LogP contribution in [-0.2, 0) is 21.4 Å². The molecule has 31 heavy (non-hydrogen) atoms. The summed E-state index contributed by atoms with van der Waals surface area (Å²) in [5, 5.41) is 2.75. The van der Waals surface area contributed by atoms with Gasteiger partial charge in [0.25, 0.3) is 15.9 Å². The van der Waals surface area contributed by atoms with Crippen molar-refractivity contribution in [3.63, 3.8) is 0 Å². The molecule has 2 N–H and O–H groups in total. The third-order valence-electron chi connectivity index (χ3n) is 4.52. The molecule has 8 heteroatoms. The van der Waals surface area contributed by atoms with Crippen molar-refractivity contribution < 1.29 is 17.9 Å². The summed E-state index contributed by atoms with van der Waals surface area (Å²) in [6, 6.07) is 20.9. The maximum atomic E-state index is 12.8. The zero-order chi connectivity index (χ0) is 22.3. The van der Waals surface area contributed by atoms with Crippen LogP contribution in [0, 0.1) is 6.92 Å². The van der Waals surface area contributed by atoms with Crippen molar-refractivity contribution in [2.24, 2.45) is 0 Å². The average Bonchev–Trinajstić information content (AvgIpc) is 2.76. The molecule has 0 atom stereocenters. The Morgan fingerprint density at radius 3 is 2.45 bits per heavy atom. The fourth-order valence-electron chi connectivity index (χ4n) is 2.84. The molecule has 0 saturated heterocycles. The Hall–Kier alpha value is -2.87. The van der Waals surface area contributed by atoms with Crippen molar-refractivity contribution in [1.82, 2.24) is 5.32 Å². The molecular formula is C23H23ClN2O4S. The van der Waals surface area contributed by atoms with E-state index in [2.05, 4.69) is 10.0 Å². The summed E-state index contributed by atoms with van der Waals surface area (Å²) >= 11 is 6.12. The topological polar surface area (TPSA) is 84.5 Å². The highest BCUT2D eigenvalue weighted by Gasteiger charge is 2.21. The highest BCUT2D eigenvalue weighted by molar-refractivity contribution is 7.92. The minimum Gasteiger partial charge on any atom is -0.375 e. The summed E-state index contributed by atoms with van der Waals surface area (Å²) in [4.78, 5) is 12.3. The highest BCUT2D eigenvalue weighted by Crippen LogP contribution is 2.26. The quantitative estimate of drug-likeness (QED) is 0.465. The minimum atomic E-state index is -3.97. The van der Waals surface area contributed by atoms with E-state index in [9.17, 15) is 13.2 Å². The van der Waals surface area contributed by atoms with Crippen LogP contribution in [0.15, 0.2) is 77.7 Å². The van der Waals surface area contributed by atoms with E-state index < -0.39 is 15.9 Å². The lowest BCUT2D eigenvalue weighted by atomic mass is 10.2. The SMILES string of the molecule is Cc1ccccc1NS(=O)(=O)c1cc(C(=O)NCCOCc2ccccc2)ccc1Cl. The molecule has 0 saturated carbocycles. The number of anilines is 1. The molecule has 162 valence electrons. The number of nitrogens with one attached hydrogen (secondary N) is 2.